The van der Waals surface area contributed by atoms with Gasteiger partial charge in [-0.1, -0.05) is 38.0 Å². The maximum atomic E-state index is 9.28. The minimum Gasteiger partial charge on any atom is -0.508 e. The van der Waals surface area contributed by atoms with E-state index in [2.05, 4.69) is 48.4 Å². The predicted molar refractivity (Wildman–Crippen MR) is 89.8 cm³/mol. The molecule has 0 saturated heterocycles. The van der Waals surface area contributed by atoms with Gasteiger partial charge in [0.05, 0.1) is 0 Å². The molecule has 0 amide bonds. The SMILES string of the molecule is CC(C)(C)c1ccc(-c2nnc(Nc3ccc(O)cc3)o2)cc1. The molecular formula is C18H19N3O2. The fraction of sp³-hybridized carbons (Fsp3) is 0.222. The second kappa shape index (κ2) is 5.76. The second-order valence-corrected chi connectivity index (χ2v) is 6.41. The highest BCUT2D eigenvalue weighted by molar-refractivity contribution is 5.57. The van der Waals surface area contributed by atoms with Crippen LogP contribution in [0.3, 0.4) is 0 Å². The standard InChI is InChI=1S/C18H19N3O2/c1-18(2,3)13-6-4-12(5-7-13)16-20-21-17(23-16)19-14-8-10-15(22)11-9-14/h4-11,22H,1-3H3,(H,19,21). The molecule has 0 unspecified atom stereocenters. The van der Waals surface area contributed by atoms with Crippen LogP contribution in [0.1, 0.15) is 26.3 Å². The zero-order valence-corrected chi connectivity index (χ0v) is 13.4. The van der Waals surface area contributed by atoms with Crippen molar-refractivity contribution in [1.29, 1.82) is 0 Å². The molecule has 0 aliphatic carbocycles. The summed E-state index contributed by atoms with van der Waals surface area (Å²) in [4.78, 5) is 0. The normalized spacial score (nSPS) is 11.4. The first kappa shape index (κ1) is 15.1. The summed E-state index contributed by atoms with van der Waals surface area (Å²) in [6, 6.07) is 15.1. The van der Waals surface area contributed by atoms with Crippen LogP contribution in [0, 0.1) is 0 Å². The summed E-state index contributed by atoms with van der Waals surface area (Å²) in [5.74, 6) is 0.674. The molecule has 0 saturated carbocycles. The minimum atomic E-state index is 0.110. The van der Waals surface area contributed by atoms with Crippen molar-refractivity contribution in [1.82, 2.24) is 10.2 Å². The fourth-order valence-corrected chi connectivity index (χ4v) is 2.17. The van der Waals surface area contributed by atoms with Gasteiger partial charge in [0.1, 0.15) is 5.75 Å². The molecule has 5 nitrogen and oxygen atoms in total. The molecule has 0 spiro atoms. The van der Waals surface area contributed by atoms with Gasteiger partial charge in [-0.2, -0.15) is 0 Å². The number of nitrogens with zero attached hydrogens (tertiary/aromatic N) is 2. The van der Waals surface area contributed by atoms with Crippen molar-refractivity contribution in [2.24, 2.45) is 0 Å². The molecule has 0 radical (unpaired) electrons. The molecule has 2 aromatic carbocycles. The van der Waals surface area contributed by atoms with E-state index in [1.807, 2.05) is 12.1 Å². The van der Waals surface area contributed by atoms with Crippen molar-refractivity contribution < 1.29 is 9.52 Å². The smallest absolute Gasteiger partial charge is 0.320 e. The number of aromatic nitrogens is 2. The zero-order chi connectivity index (χ0) is 16.4. The van der Waals surface area contributed by atoms with E-state index >= 15 is 0 Å². The Labute approximate surface area is 135 Å². The number of aromatic hydroxyl groups is 1. The Hall–Kier alpha value is -2.82. The fourth-order valence-electron chi connectivity index (χ4n) is 2.17. The Morgan fingerprint density at radius 3 is 2.17 bits per heavy atom. The van der Waals surface area contributed by atoms with Crippen LogP contribution in [0.2, 0.25) is 0 Å². The summed E-state index contributed by atoms with van der Waals surface area (Å²) in [6.45, 7) is 6.52. The van der Waals surface area contributed by atoms with Gasteiger partial charge in [-0.15, -0.1) is 5.10 Å². The summed E-state index contributed by atoms with van der Waals surface area (Å²) in [6.07, 6.45) is 0. The average molecular weight is 309 g/mol. The number of benzene rings is 2. The molecule has 0 fully saturated rings. The van der Waals surface area contributed by atoms with Crippen molar-refractivity contribution in [3.05, 3.63) is 54.1 Å². The Bertz CT molecular complexity index is 784. The van der Waals surface area contributed by atoms with Crippen molar-refractivity contribution >= 4 is 11.7 Å². The van der Waals surface area contributed by atoms with Crippen LogP contribution in [0.15, 0.2) is 52.9 Å². The Morgan fingerprint density at radius 2 is 1.57 bits per heavy atom. The van der Waals surface area contributed by atoms with Crippen LogP contribution >= 0.6 is 0 Å². The summed E-state index contributed by atoms with van der Waals surface area (Å²) in [5.41, 5.74) is 3.01. The van der Waals surface area contributed by atoms with E-state index < -0.39 is 0 Å². The van der Waals surface area contributed by atoms with Crippen LogP contribution in [0.4, 0.5) is 11.7 Å². The maximum Gasteiger partial charge on any atom is 0.320 e. The molecule has 0 aliphatic rings. The average Bonchev–Trinajstić information content (AvgIpc) is 2.97. The number of anilines is 2. The summed E-state index contributed by atoms with van der Waals surface area (Å²) >= 11 is 0. The quantitative estimate of drug-likeness (QED) is 0.698. The third-order valence-electron chi connectivity index (χ3n) is 3.54. The highest BCUT2D eigenvalue weighted by Gasteiger charge is 2.14. The minimum absolute atomic E-state index is 0.110. The highest BCUT2D eigenvalue weighted by Crippen LogP contribution is 2.27. The number of rotatable bonds is 3. The largest absolute Gasteiger partial charge is 0.508 e. The first-order valence-electron chi connectivity index (χ1n) is 7.42. The number of nitrogens with one attached hydrogen (secondary N) is 1. The lowest BCUT2D eigenvalue weighted by atomic mass is 9.87. The van der Waals surface area contributed by atoms with Gasteiger partial charge >= 0.3 is 6.01 Å². The lowest BCUT2D eigenvalue weighted by molar-refractivity contribution is 0.475. The van der Waals surface area contributed by atoms with Crippen LogP contribution < -0.4 is 5.32 Å². The van der Waals surface area contributed by atoms with Gasteiger partial charge in [0.2, 0.25) is 5.89 Å². The van der Waals surface area contributed by atoms with E-state index in [0.717, 1.165) is 11.3 Å². The first-order valence-corrected chi connectivity index (χ1v) is 7.42. The summed E-state index contributed by atoms with van der Waals surface area (Å²) in [7, 11) is 0. The van der Waals surface area contributed by atoms with E-state index in [9.17, 15) is 5.11 Å². The van der Waals surface area contributed by atoms with Crippen LogP contribution in [-0.2, 0) is 5.41 Å². The van der Waals surface area contributed by atoms with Crippen LogP contribution in [-0.4, -0.2) is 15.3 Å². The van der Waals surface area contributed by atoms with Gasteiger partial charge in [0.25, 0.3) is 0 Å². The molecule has 118 valence electrons. The lowest BCUT2D eigenvalue weighted by Crippen LogP contribution is -2.10. The van der Waals surface area contributed by atoms with Gasteiger partial charge in [-0.05, 0) is 47.4 Å². The molecule has 1 heterocycles. The molecule has 3 rings (SSSR count). The van der Waals surface area contributed by atoms with Crippen molar-refractivity contribution in [2.75, 3.05) is 5.32 Å². The Kier molecular flexibility index (Phi) is 3.78. The summed E-state index contributed by atoms with van der Waals surface area (Å²) in [5, 5.41) is 20.3. The number of hydrogen-bond acceptors (Lipinski definition) is 5. The third kappa shape index (κ3) is 3.51. The van der Waals surface area contributed by atoms with Gasteiger partial charge < -0.3 is 14.8 Å². The number of hydrogen-bond donors (Lipinski definition) is 2. The summed E-state index contributed by atoms with van der Waals surface area (Å²) < 4.78 is 5.63. The molecule has 5 heteroatoms. The van der Waals surface area contributed by atoms with Gasteiger partial charge in [0.15, 0.2) is 0 Å². The highest BCUT2D eigenvalue weighted by atomic mass is 16.4. The van der Waals surface area contributed by atoms with Crippen molar-refractivity contribution in [3.63, 3.8) is 0 Å². The number of phenolic OH excluding ortho intramolecular Hbond substituents is 1. The molecule has 0 atom stereocenters. The van der Waals surface area contributed by atoms with E-state index in [1.54, 1.807) is 24.3 Å². The molecule has 0 bridgehead atoms. The Morgan fingerprint density at radius 1 is 0.913 bits per heavy atom. The molecule has 2 N–H and O–H groups in total. The molecule has 3 aromatic rings. The van der Waals surface area contributed by atoms with Crippen molar-refractivity contribution in [3.8, 4) is 17.2 Å². The first-order chi connectivity index (χ1) is 10.9. The molecule has 1 aromatic heterocycles. The van der Waals surface area contributed by atoms with Crippen LogP contribution in [0.5, 0.6) is 5.75 Å². The van der Waals surface area contributed by atoms with Gasteiger partial charge in [0, 0.05) is 11.3 Å². The van der Waals surface area contributed by atoms with E-state index in [0.29, 0.717) is 11.9 Å². The predicted octanol–water partition coefficient (Wildman–Crippen LogP) is 4.48. The van der Waals surface area contributed by atoms with Gasteiger partial charge in [-0.3, -0.25) is 0 Å². The van der Waals surface area contributed by atoms with E-state index in [4.69, 9.17) is 4.42 Å². The van der Waals surface area contributed by atoms with Crippen molar-refractivity contribution in [2.45, 2.75) is 26.2 Å². The van der Waals surface area contributed by atoms with E-state index in [1.165, 1.54) is 5.56 Å². The zero-order valence-electron chi connectivity index (χ0n) is 13.4. The third-order valence-corrected chi connectivity index (χ3v) is 3.54. The molecule has 23 heavy (non-hydrogen) atoms. The van der Waals surface area contributed by atoms with Gasteiger partial charge in [-0.25, -0.2) is 0 Å². The topological polar surface area (TPSA) is 71.2 Å². The molecular weight excluding hydrogens is 290 g/mol. The van der Waals surface area contributed by atoms with Crippen LogP contribution in [0.25, 0.3) is 11.5 Å². The molecule has 0 aliphatic heterocycles. The van der Waals surface area contributed by atoms with E-state index in [-0.39, 0.29) is 11.2 Å². The monoisotopic (exact) mass is 309 g/mol. The maximum absolute atomic E-state index is 9.28. The Balaban J connectivity index is 1.77. The number of phenols is 1. The lowest BCUT2D eigenvalue weighted by Gasteiger charge is -2.18. The second-order valence-electron chi connectivity index (χ2n) is 6.41.